The summed E-state index contributed by atoms with van der Waals surface area (Å²) in [5.74, 6) is 0.882. The van der Waals surface area contributed by atoms with Crippen LogP contribution < -0.4 is 0 Å². The third-order valence-corrected chi connectivity index (χ3v) is 1.65. The molecule has 0 aromatic carbocycles. The molecule has 0 fully saturated rings. The van der Waals surface area contributed by atoms with E-state index in [0.717, 1.165) is 12.5 Å². The molecule has 1 aliphatic heterocycles. The Morgan fingerprint density at radius 3 is 2.75 bits per heavy atom. The fourth-order valence-corrected chi connectivity index (χ4v) is 1.15. The predicted octanol–water partition coefficient (Wildman–Crippen LogP) is 1.88. The number of nitrogens with zero attached hydrogens (tertiary/aromatic N) is 1. The highest BCUT2D eigenvalue weighted by Crippen LogP contribution is 2.13. The highest BCUT2D eigenvalue weighted by atomic mass is 14.7. The average molecular weight is 111 g/mol. The second kappa shape index (κ2) is 2.29. The van der Waals surface area contributed by atoms with Crippen molar-refractivity contribution in [2.45, 2.75) is 26.7 Å². The lowest BCUT2D eigenvalue weighted by Gasteiger charge is -2.14. The Morgan fingerprint density at radius 1 is 1.62 bits per heavy atom. The molecule has 46 valence electrons. The minimum atomic E-state index is 0.882. The van der Waals surface area contributed by atoms with Crippen LogP contribution in [-0.4, -0.2) is 12.3 Å². The van der Waals surface area contributed by atoms with E-state index in [0.29, 0.717) is 0 Å². The average Bonchev–Trinajstić information content (AvgIpc) is 1.64. The Morgan fingerprint density at radius 2 is 2.38 bits per heavy atom. The Bertz CT molecular complexity index is 105. The van der Waals surface area contributed by atoms with Gasteiger partial charge in [0.25, 0.3) is 0 Å². The highest BCUT2D eigenvalue weighted by Gasteiger charge is 2.07. The van der Waals surface area contributed by atoms with Gasteiger partial charge >= 0.3 is 0 Å². The van der Waals surface area contributed by atoms with Crippen LogP contribution >= 0.6 is 0 Å². The van der Waals surface area contributed by atoms with Crippen LogP contribution in [0.5, 0.6) is 0 Å². The first-order valence-corrected chi connectivity index (χ1v) is 3.29. The van der Waals surface area contributed by atoms with E-state index in [1.165, 1.54) is 18.6 Å². The van der Waals surface area contributed by atoms with E-state index in [4.69, 9.17) is 0 Å². The standard InChI is InChI=1S/C7H13N/c1-6-3-4-8-7(2)5-6/h6H,3-5H2,1-2H3. The molecule has 0 bridgehead atoms. The van der Waals surface area contributed by atoms with Crippen LogP contribution in [-0.2, 0) is 0 Å². The van der Waals surface area contributed by atoms with Gasteiger partial charge < -0.3 is 0 Å². The van der Waals surface area contributed by atoms with Crippen LogP contribution in [0.4, 0.5) is 0 Å². The van der Waals surface area contributed by atoms with E-state index in [-0.39, 0.29) is 0 Å². The molecule has 1 heterocycles. The topological polar surface area (TPSA) is 12.4 Å². The first-order chi connectivity index (χ1) is 3.79. The molecule has 1 aliphatic rings. The van der Waals surface area contributed by atoms with Crippen LogP contribution in [0.15, 0.2) is 4.99 Å². The van der Waals surface area contributed by atoms with Gasteiger partial charge in [0.2, 0.25) is 0 Å². The summed E-state index contributed by atoms with van der Waals surface area (Å²) in [6.45, 7) is 5.47. The third kappa shape index (κ3) is 1.32. The maximum absolute atomic E-state index is 4.30. The monoisotopic (exact) mass is 111 g/mol. The first-order valence-electron chi connectivity index (χ1n) is 3.29. The van der Waals surface area contributed by atoms with Crippen molar-refractivity contribution in [1.82, 2.24) is 0 Å². The van der Waals surface area contributed by atoms with E-state index in [1.54, 1.807) is 0 Å². The van der Waals surface area contributed by atoms with Crippen LogP contribution in [0, 0.1) is 5.92 Å². The lowest BCUT2D eigenvalue weighted by Crippen LogP contribution is -2.09. The summed E-state index contributed by atoms with van der Waals surface area (Å²) in [7, 11) is 0. The predicted molar refractivity (Wildman–Crippen MR) is 36.4 cm³/mol. The van der Waals surface area contributed by atoms with Gasteiger partial charge in [-0.05, 0) is 25.7 Å². The molecule has 0 saturated carbocycles. The van der Waals surface area contributed by atoms with E-state index < -0.39 is 0 Å². The zero-order valence-corrected chi connectivity index (χ0v) is 5.65. The molecular formula is C7H13N. The second-order valence-corrected chi connectivity index (χ2v) is 2.71. The largest absolute Gasteiger partial charge is 0.294 e. The van der Waals surface area contributed by atoms with Crippen molar-refractivity contribution in [3.8, 4) is 0 Å². The smallest absolute Gasteiger partial charge is 0.0391 e. The van der Waals surface area contributed by atoms with Crippen LogP contribution in [0.2, 0.25) is 0 Å². The SMILES string of the molecule is CC1=NCCC(C)C1. The first kappa shape index (κ1) is 5.80. The summed E-state index contributed by atoms with van der Waals surface area (Å²) in [6.07, 6.45) is 2.51. The molecule has 8 heavy (non-hydrogen) atoms. The van der Waals surface area contributed by atoms with Crippen molar-refractivity contribution in [3.63, 3.8) is 0 Å². The zero-order valence-electron chi connectivity index (χ0n) is 5.65. The molecule has 1 nitrogen and oxygen atoms in total. The summed E-state index contributed by atoms with van der Waals surface area (Å²) in [6, 6.07) is 0. The lowest BCUT2D eigenvalue weighted by molar-refractivity contribution is 0.540. The molecular weight excluding hydrogens is 98.1 g/mol. The Balaban J connectivity index is 2.45. The van der Waals surface area contributed by atoms with Crippen molar-refractivity contribution in [3.05, 3.63) is 0 Å². The van der Waals surface area contributed by atoms with Crippen molar-refractivity contribution in [1.29, 1.82) is 0 Å². The molecule has 0 aromatic heterocycles. The van der Waals surface area contributed by atoms with Gasteiger partial charge in [0.05, 0.1) is 0 Å². The van der Waals surface area contributed by atoms with Crippen LogP contribution in [0.1, 0.15) is 26.7 Å². The van der Waals surface area contributed by atoms with Gasteiger partial charge in [-0.3, -0.25) is 4.99 Å². The molecule has 0 saturated heterocycles. The number of hydrogen-bond donors (Lipinski definition) is 0. The summed E-state index contributed by atoms with van der Waals surface area (Å²) in [5.41, 5.74) is 1.34. The van der Waals surface area contributed by atoms with E-state index >= 15 is 0 Å². The summed E-state index contributed by atoms with van der Waals surface area (Å²) < 4.78 is 0. The summed E-state index contributed by atoms with van der Waals surface area (Å²) in [4.78, 5) is 4.30. The molecule has 1 atom stereocenters. The van der Waals surface area contributed by atoms with E-state index in [9.17, 15) is 0 Å². The molecule has 0 amide bonds. The fourth-order valence-electron chi connectivity index (χ4n) is 1.15. The molecule has 1 heteroatoms. The molecule has 0 aliphatic carbocycles. The van der Waals surface area contributed by atoms with Gasteiger partial charge in [0, 0.05) is 12.3 Å². The van der Waals surface area contributed by atoms with Crippen LogP contribution in [0.3, 0.4) is 0 Å². The van der Waals surface area contributed by atoms with Gasteiger partial charge in [-0.25, -0.2) is 0 Å². The number of aliphatic imine (C=N–C) groups is 1. The molecule has 0 aromatic rings. The van der Waals surface area contributed by atoms with Gasteiger partial charge in [-0.15, -0.1) is 0 Å². The maximum atomic E-state index is 4.30. The zero-order chi connectivity index (χ0) is 5.98. The molecule has 1 unspecified atom stereocenters. The number of rotatable bonds is 0. The number of hydrogen-bond acceptors (Lipinski definition) is 1. The minimum absolute atomic E-state index is 0.882. The lowest BCUT2D eigenvalue weighted by atomic mass is 9.99. The van der Waals surface area contributed by atoms with E-state index in [1.807, 2.05) is 0 Å². The van der Waals surface area contributed by atoms with Crippen LogP contribution in [0.25, 0.3) is 0 Å². The van der Waals surface area contributed by atoms with Crippen molar-refractivity contribution in [2.75, 3.05) is 6.54 Å². The van der Waals surface area contributed by atoms with Gasteiger partial charge in [-0.1, -0.05) is 6.92 Å². The molecule has 0 radical (unpaired) electrons. The minimum Gasteiger partial charge on any atom is -0.294 e. The maximum Gasteiger partial charge on any atom is 0.0391 e. The fraction of sp³-hybridized carbons (Fsp3) is 0.857. The normalized spacial score (nSPS) is 29.8. The molecule has 0 spiro atoms. The quantitative estimate of drug-likeness (QED) is 0.452. The Labute approximate surface area is 50.8 Å². The molecule has 0 N–H and O–H groups in total. The Hall–Kier alpha value is -0.330. The van der Waals surface area contributed by atoms with Gasteiger partial charge in [0.1, 0.15) is 0 Å². The van der Waals surface area contributed by atoms with Crippen molar-refractivity contribution in [2.24, 2.45) is 10.9 Å². The molecule has 1 rings (SSSR count). The van der Waals surface area contributed by atoms with E-state index in [2.05, 4.69) is 18.8 Å². The Kier molecular flexibility index (Phi) is 1.66. The van der Waals surface area contributed by atoms with Gasteiger partial charge in [-0.2, -0.15) is 0 Å². The van der Waals surface area contributed by atoms with Crippen molar-refractivity contribution >= 4 is 5.71 Å². The summed E-state index contributed by atoms with van der Waals surface area (Å²) >= 11 is 0. The summed E-state index contributed by atoms with van der Waals surface area (Å²) in [5, 5.41) is 0. The third-order valence-electron chi connectivity index (χ3n) is 1.65. The highest BCUT2D eigenvalue weighted by molar-refractivity contribution is 5.82. The van der Waals surface area contributed by atoms with Gasteiger partial charge in [0.15, 0.2) is 0 Å². The van der Waals surface area contributed by atoms with Crippen molar-refractivity contribution < 1.29 is 0 Å². The second-order valence-electron chi connectivity index (χ2n) is 2.71.